The van der Waals surface area contributed by atoms with Gasteiger partial charge in [0.05, 0.1) is 29.4 Å². The third kappa shape index (κ3) is 2.64. The van der Waals surface area contributed by atoms with Crippen LogP contribution in [0.5, 0.6) is 5.75 Å². The number of benzene rings is 2. The van der Waals surface area contributed by atoms with Crippen LogP contribution in [-0.2, 0) is 0 Å². The van der Waals surface area contributed by atoms with Gasteiger partial charge in [0.15, 0.2) is 0 Å². The van der Waals surface area contributed by atoms with E-state index in [0.717, 1.165) is 5.69 Å². The fourth-order valence-electron chi connectivity index (χ4n) is 2.40. The molecule has 1 aliphatic rings. The lowest BCUT2D eigenvalue weighted by atomic mass is 9.99. The second-order valence-electron chi connectivity index (χ2n) is 4.79. The number of benzodiazepines with no additional fused rings is 1. The number of nitrogens with zero attached hydrogens (tertiary/aromatic N) is 1. The van der Waals surface area contributed by atoms with Crippen LogP contribution < -0.4 is 10.1 Å². The van der Waals surface area contributed by atoms with Crippen LogP contribution in [0.3, 0.4) is 0 Å². The topological polar surface area (TPSA) is 33.6 Å². The van der Waals surface area contributed by atoms with Gasteiger partial charge >= 0.3 is 0 Å². The van der Waals surface area contributed by atoms with Gasteiger partial charge in [-0.1, -0.05) is 23.2 Å². The van der Waals surface area contributed by atoms with E-state index in [-0.39, 0.29) is 5.82 Å². The van der Waals surface area contributed by atoms with Crippen LogP contribution in [0.1, 0.15) is 11.1 Å². The number of nitrogens with one attached hydrogen (secondary N) is 1. The van der Waals surface area contributed by atoms with E-state index in [2.05, 4.69) is 10.3 Å². The highest BCUT2D eigenvalue weighted by molar-refractivity contribution is 6.45. The van der Waals surface area contributed by atoms with Crippen molar-refractivity contribution in [1.82, 2.24) is 0 Å². The second-order valence-corrected chi connectivity index (χ2v) is 5.57. The highest BCUT2D eigenvalue weighted by atomic mass is 35.5. The number of aliphatic imine (C=N–C) groups is 1. The maximum absolute atomic E-state index is 14.3. The highest BCUT2D eigenvalue weighted by Crippen LogP contribution is 2.35. The van der Waals surface area contributed by atoms with Crippen molar-refractivity contribution < 1.29 is 9.13 Å². The molecule has 2 aromatic rings. The largest absolute Gasteiger partial charge is 0.497 e. The first-order valence-corrected chi connectivity index (χ1v) is 7.48. The van der Waals surface area contributed by atoms with Crippen molar-refractivity contribution in [3.05, 3.63) is 57.3 Å². The molecule has 0 saturated heterocycles. The van der Waals surface area contributed by atoms with Crippen LogP contribution in [0, 0.1) is 5.82 Å². The SMILES string of the molecule is COc1ccc(F)c(C2=NCCNc3ccc(Cl)c(Cl)c32)c1. The summed E-state index contributed by atoms with van der Waals surface area (Å²) < 4.78 is 19.5. The summed E-state index contributed by atoms with van der Waals surface area (Å²) in [5, 5.41) is 3.99. The van der Waals surface area contributed by atoms with Crippen LogP contribution >= 0.6 is 23.2 Å². The predicted molar refractivity (Wildman–Crippen MR) is 88.4 cm³/mol. The third-order valence-electron chi connectivity index (χ3n) is 3.46. The van der Waals surface area contributed by atoms with Crippen LogP contribution in [0.25, 0.3) is 0 Å². The molecule has 114 valence electrons. The summed E-state index contributed by atoms with van der Waals surface area (Å²) in [6.07, 6.45) is 0. The fraction of sp³-hybridized carbons (Fsp3) is 0.188. The summed E-state index contributed by atoms with van der Waals surface area (Å²) in [6, 6.07) is 8.06. The first-order chi connectivity index (χ1) is 10.6. The predicted octanol–water partition coefficient (Wildman–Crippen LogP) is 4.40. The molecule has 1 heterocycles. The average Bonchev–Trinajstić information content (AvgIpc) is 2.74. The van der Waals surface area contributed by atoms with Gasteiger partial charge in [0.2, 0.25) is 0 Å². The summed E-state index contributed by atoms with van der Waals surface area (Å²) in [4.78, 5) is 4.49. The molecular formula is C16H13Cl2FN2O. The monoisotopic (exact) mass is 338 g/mol. The Bertz CT molecular complexity index is 762. The van der Waals surface area contributed by atoms with Crippen LogP contribution in [0.2, 0.25) is 10.0 Å². The minimum atomic E-state index is -0.386. The molecule has 0 saturated carbocycles. The lowest BCUT2D eigenvalue weighted by Gasteiger charge is -2.14. The van der Waals surface area contributed by atoms with E-state index in [4.69, 9.17) is 27.9 Å². The Morgan fingerprint density at radius 2 is 2.05 bits per heavy atom. The number of hydrogen-bond acceptors (Lipinski definition) is 3. The molecule has 0 radical (unpaired) electrons. The third-order valence-corrected chi connectivity index (χ3v) is 4.26. The van der Waals surface area contributed by atoms with Gasteiger partial charge in [0.25, 0.3) is 0 Å². The smallest absolute Gasteiger partial charge is 0.132 e. The Morgan fingerprint density at radius 1 is 1.23 bits per heavy atom. The number of ether oxygens (including phenoxy) is 1. The Hall–Kier alpha value is -1.78. The zero-order chi connectivity index (χ0) is 15.7. The standard InChI is InChI=1S/C16H13Cl2FN2O/c1-22-9-2-4-12(19)10(8-9)16-14-13(20-6-7-21-16)5-3-11(17)15(14)18/h2-5,8,20H,6-7H2,1H3. The molecule has 0 bridgehead atoms. The lowest BCUT2D eigenvalue weighted by molar-refractivity contribution is 0.413. The van der Waals surface area contributed by atoms with Crippen molar-refractivity contribution in [3.63, 3.8) is 0 Å². The molecule has 1 N–H and O–H groups in total. The maximum atomic E-state index is 14.3. The highest BCUT2D eigenvalue weighted by Gasteiger charge is 2.22. The van der Waals surface area contributed by atoms with Crippen molar-refractivity contribution in [3.8, 4) is 5.75 Å². The van der Waals surface area contributed by atoms with Crippen molar-refractivity contribution in [2.24, 2.45) is 4.99 Å². The van der Waals surface area contributed by atoms with Crippen molar-refractivity contribution in [1.29, 1.82) is 0 Å². The second kappa shape index (κ2) is 6.15. The minimum Gasteiger partial charge on any atom is -0.497 e. The minimum absolute atomic E-state index is 0.341. The molecule has 2 aromatic carbocycles. The summed E-state index contributed by atoms with van der Waals surface area (Å²) >= 11 is 12.5. The molecule has 0 atom stereocenters. The van der Waals surface area contributed by atoms with Gasteiger partial charge in [-0.25, -0.2) is 4.39 Å². The molecule has 0 aromatic heterocycles. The molecule has 0 amide bonds. The van der Waals surface area contributed by atoms with Gasteiger partial charge < -0.3 is 10.1 Å². The fourth-order valence-corrected chi connectivity index (χ4v) is 2.81. The van der Waals surface area contributed by atoms with E-state index in [9.17, 15) is 4.39 Å². The summed E-state index contributed by atoms with van der Waals surface area (Å²) in [6.45, 7) is 1.15. The van der Waals surface area contributed by atoms with E-state index in [0.29, 0.717) is 45.7 Å². The molecule has 22 heavy (non-hydrogen) atoms. The van der Waals surface area contributed by atoms with Crippen LogP contribution in [0.4, 0.5) is 10.1 Å². The first kappa shape index (κ1) is 15.1. The summed E-state index contributed by atoms with van der Waals surface area (Å²) in [5.74, 6) is 0.166. The van der Waals surface area contributed by atoms with Gasteiger partial charge in [-0.2, -0.15) is 0 Å². The van der Waals surface area contributed by atoms with Crippen molar-refractivity contribution in [2.45, 2.75) is 0 Å². The van der Waals surface area contributed by atoms with Gasteiger partial charge in [0.1, 0.15) is 11.6 Å². The zero-order valence-corrected chi connectivity index (χ0v) is 13.3. The van der Waals surface area contributed by atoms with Gasteiger partial charge in [-0.05, 0) is 30.3 Å². The Labute approximate surface area is 137 Å². The molecule has 6 heteroatoms. The number of hydrogen-bond donors (Lipinski definition) is 1. The summed E-state index contributed by atoms with van der Waals surface area (Å²) in [7, 11) is 1.53. The van der Waals surface area contributed by atoms with Gasteiger partial charge in [0, 0.05) is 23.4 Å². The number of fused-ring (bicyclic) bond motifs is 1. The van der Waals surface area contributed by atoms with Crippen molar-refractivity contribution in [2.75, 3.05) is 25.5 Å². The van der Waals surface area contributed by atoms with E-state index in [1.165, 1.54) is 13.2 Å². The van der Waals surface area contributed by atoms with E-state index < -0.39 is 0 Å². The molecular weight excluding hydrogens is 326 g/mol. The quantitative estimate of drug-likeness (QED) is 0.880. The van der Waals surface area contributed by atoms with Crippen molar-refractivity contribution >= 4 is 34.6 Å². The zero-order valence-electron chi connectivity index (χ0n) is 11.8. The van der Waals surface area contributed by atoms with Crippen LogP contribution in [-0.4, -0.2) is 25.9 Å². The molecule has 3 rings (SSSR count). The Kier molecular flexibility index (Phi) is 4.23. The number of methoxy groups -OCH3 is 1. The number of halogens is 3. The normalized spacial score (nSPS) is 13.7. The van der Waals surface area contributed by atoms with E-state index >= 15 is 0 Å². The average molecular weight is 339 g/mol. The molecule has 3 nitrogen and oxygen atoms in total. The molecule has 0 unspecified atom stereocenters. The number of anilines is 1. The van der Waals surface area contributed by atoms with E-state index in [1.807, 2.05) is 6.07 Å². The molecule has 0 aliphatic carbocycles. The first-order valence-electron chi connectivity index (χ1n) is 6.72. The molecule has 0 fully saturated rings. The van der Waals surface area contributed by atoms with Gasteiger partial charge in [-0.3, -0.25) is 4.99 Å². The maximum Gasteiger partial charge on any atom is 0.132 e. The summed E-state index contributed by atoms with van der Waals surface area (Å²) in [5.41, 5.74) is 2.21. The number of rotatable bonds is 2. The Balaban J connectivity index is 2.25. The van der Waals surface area contributed by atoms with Gasteiger partial charge in [-0.15, -0.1) is 0 Å². The lowest BCUT2D eigenvalue weighted by Crippen LogP contribution is -2.09. The Morgan fingerprint density at radius 3 is 2.82 bits per heavy atom. The van der Waals surface area contributed by atoms with Crippen LogP contribution in [0.15, 0.2) is 35.3 Å². The molecule has 0 spiro atoms. The molecule has 1 aliphatic heterocycles. The van der Waals surface area contributed by atoms with E-state index in [1.54, 1.807) is 18.2 Å².